The number of nitrogens with one attached hydrogen (secondary N) is 1. The summed E-state index contributed by atoms with van der Waals surface area (Å²) in [6.07, 6.45) is 0. The van der Waals surface area contributed by atoms with Gasteiger partial charge in [0.05, 0.1) is 6.04 Å². The number of hydrogen-bond donors (Lipinski definition) is 2. The number of amides is 1. The SMILES string of the molecule is CC(NC(=O)c1nonc1N)c1ccc2c(c1)OCCO2. The summed E-state index contributed by atoms with van der Waals surface area (Å²) in [6.45, 7) is 2.89. The number of fused-ring (bicyclic) bond motifs is 1. The lowest BCUT2D eigenvalue weighted by Gasteiger charge is -2.20. The minimum absolute atomic E-state index is 0.0283. The average Bonchev–Trinajstić information content (AvgIpc) is 2.93. The Hall–Kier alpha value is -2.77. The van der Waals surface area contributed by atoms with Crippen LogP contribution in [0.2, 0.25) is 0 Å². The molecule has 0 spiro atoms. The molecule has 1 aliphatic heterocycles. The summed E-state index contributed by atoms with van der Waals surface area (Å²) in [6, 6.07) is 5.26. The first-order valence-electron chi connectivity index (χ1n) is 6.43. The Morgan fingerprint density at radius 3 is 2.76 bits per heavy atom. The second-order valence-electron chi connectivity index (χ2n) is 4.60. The molecule has 8 heteroatoms. The van der Waals surface area contributed by atoms with Crippen LogP contribution in [0.1, 0.15) is 29.0 Å². The molecule has 3 N–H and O–H groups in total. The smallest absolute Gasteiger partial charge is 0.277 e. The highest BCUT2D eigenvalue weighted by Crippen LogP contribution is 2.32. The van der Waals surface area contributed by atoms with Crippen LogP contribution >= 0.6 is 0 Å². The van der Waals surface area contributed by atoms with Crippen molar-refractivity contribution in [3.05, 3.63) is 29.5 Å². The highest BCUT2D eigenvalue weighted by Gasteiger charge is 2.20. The number of benzene rings is 1. The van der Waals surface area contributed by atoms with Crippen LogP contribution in [0.4, 0.5) is 5.82 Å². The van der Waals surface area contributed by atoms with Crippen LogP contribution in [0.15, 0.2) is 22.8 Å². The molecular weight excluding hydrogens is 276 g/mol. The number of nitrogens with two attached hydrogens (primary N) is 1. The minimum atomic E-state index is -0.448. The monoisotopic (exact) mass is 290 g/mol. The molecular formula is C13H14N4O4. The van der Waals surface area contributed by atoms with Gasteiger partial charge in [-0.05, 0) is 34.9 Å². The summed E-state index contributed by atoms with van der Waals surface area (Å²) in [5, 5.41) is 9.60. The Morgan fingerprint density at radius 2 is 2.05 bits per heavy atom. The highest BCUT2D eigenvalue weighted by molar-refractivity contribution is 5.96. The van der Waals surface area contributed by atoms with Crippen molar-refractivity contribution in [3.63, 3.8) is 0 Å². The van der Waals surface area contributed by atoms with Crippen molar-refractivity contribution in [1.82, 2.24) is 15.6 Å². The number of carbonyl (C=O) groups excluding carboxylic acids is 1. The molecule has 0 saturated heterocycles. The number of rotatable bonds is 3. The van der Waals surface area contributed by atoms with E-state index < -0.39 is 5.91 Å². The third-order valence-electron chi connectivity index (χ3n) is 3.14. The fourth-order valence-corrected chi connectivity index (χ4v) is 2.03. The molecule has 2 heterocycles. The van der Waals surface area contributed by atoms with Crippen molar-refractivity contribution < 1.29 is 18.9 Å². The van der Waals surface area contributed by atoms with E-state index in [1.165, 1.54) is 0 Å². The van der Waals surface area contributed by atoms with Gasteiger partial charge in [-0.3, -0.25) is 4.79 Å². The van der Waals surface area contributed by atoms with Crippen LogP contribution in [-0.2, 0) is 0 Å². The van der Waals surface area contributed by atoms with E-state index in [-0.39, 0.29) is 17.6 Å². The highest BCUT2D eigenvalue weighted by atomic mass is 16.6. The third-order valence-corrected chi connectivity index (χ3v) is 3.14. The molecule has 1 amide bonds. The Labute approximate surface area is 120 Å². The van der Waals surface area contributed by atoms with E-state index in [9.17, 15) is 4.79 Å². The van der Waals surface area contributed by atoms with Gasteiger partial charge in [0.2, 0.25) is 11.5 Å². The van der Waals surface area contributed by atoms with Crippen molar-refractivity contribution in [2.24, 2.45) is 0 Å². The minimum Gasteiger partial charge on any atom is -0.486 e. The Kier molecular flexibility index (Phi) is 3.35. The van der Waals surface area contributed by atoms with Crippen LogP contribution in [-0.4, -0.2) is 29.4 Å². The molecule has 1 aliphatic rings. The molecule has 1 atom stereocenters. The molecule has 0 aliphatic carbocycles. The summed E-state index contributed by atoms with van der Waals surface area (Å²) < 4.78 is 15.4. The number of ether oxygens (including phenoxy) is 2. The molecule has 0 saturated carbocycles. The molecule has 0 radical (unpaired) electrons. The van der Waals surface area contributed by atoms with E-state index in [1.54, 1.807) is 0 Å². The third kappa shape index (κ3) is 2.60. The molecule has 0 bridgehead atoms. The van der Waals surface area contributed by atoms with Crippen LogP contribution in [0.5, 0.6) is 11.5 Å². The summed E-state index contributed by atoms with van der Waals surface area (Å²) in [4.78, 5) is 12.0. The van der Waals surface area contributed by atoms with Gasteiger partial charge in [-0.2, -0.15) is 0 Å². The summed E-state index contributed by atoms with van der Waals surface area (Å²) in [5.74, 6) is 0.883. The van der Waals surface area contributed by atoms with Crippen LogP contribution in [0.25, 0.3) is 0 Å². The van der Waals surface area contributed by atoms with Gasteiger partial charge in [0.25, 0.3) is 5.91 Å². The van der Waals surface area contributed by atoms with Crippen molar-refractivity contribution in [2.45, 2.75) is 13.0 Å². The van der Waals surface area contributed by atoms with E-state index in [0.29, 0.717) is 24.7 Å². The molecule has 110 valence electrons. The Balaban J connectivity index is 1.75. The second-order valence-corrected chi connectivity index (χ2v) is 4.60. The average molecular weight is 290 g/mol. The van der Waals surface area contributed by atoms with Gasteiger partial charge < -0.3 is 20.5 Å². The molecule has 3 rings (SSSR count). The summed E-state index contributed by atoms with van der Waals surface area (Å²) in [7, 11) is 0. The number of anilines is 1. The fourth-order valence-electron chi connectivity index (χ4n) is 2.03. The standard InChI is InChI=1S/C13H14N4O4/c1-7(15-13(18)11-12(14)17-21-16-11)8-2-3-9-10(6-8)20-5-4-19-9/h2-3,6-7H,4-5H2,1H3,(H2,14,17)(H,15,18). The van der Waals surface area contributed by atoms with E-state index in [4.69, 9.17) is 15.2 Å². The van der Waals surface area contributed by atoms with Crippen LogP contribution in [0, 0.1) is 0 Å². The van der Waals surface area contributed by atoms with Gasteiger partial charge in [-0.25, -0.2) is 4.63 Å². The van der Waals surface area contributed by atoms with Crippen LogP contribution < -0.4 is 20.5 Å². The Morgan fingerprint density at radius 1 is 1.29 bits per heavy atom. The summed E-state index contributed by atoms with van der Waals surface area (Å²) >= 11 is 0. The van der Waals surface area contributed by atoms with Gasteiger partial charge in [-0.1, -0.05) is 6.07 Å². The quantitative estimate of drug-likeness (QED) is 0.863. The lowest BCUT2D eigenvalue weighted by molar-refractivity contribution is 0.0930. The van der Waals surface area contributed by atoms with Crippen molar-refractivity contribution in [1.29, 1.82) is 0 Å². The first kappa shape index (κ1) is 13.2. The fraction of sp³-hybridized carbons (Fsp3) is 0.308. The molecule has 0 fully saturated rings. The normalized spacial score (nSPS) is 14.5. The van der Waals surface area contributed by atoms with Crippen LogP contribution in [0.3, 0.4) is 0 Å². The van der Waals surface area contributed by atoms with E-state index >= 15 is 0 Å². The molecule has 1 aromatic heterocycles. The number of hydrogen-bond acceptors (Lipinski definition) is 7. The maximum Gasteiger partial charge on any atom is 0.277 e. The molecule has 2 aromatic rings. The first-order chi connectivity index (χ1) is 10.1. The van der Waals surface area contributed by atoms with Gasteiger partial charge in [0.15, 0.2) is 11.5 Å². The summed E-state index contributed by atoms with van der Waals surface area (Å²) in [5.41, 5.74) is 6.33. The molecule has 1 unspecified atom stereocenters. The van der Waals surface area contributed by atoms with E-state index in [0.717, 1.165) is 5.56 Å². The lowest BCUT2D eigenvalue weighted by atomic mass is 10.1. The number of aromatic nitrogens is 2. The second kappa shape index (κ2) is 5.31. The maximum absolute atomic E-state index is 12.0. The van der Waals surface area contributed by atoms with Gasteiger partial charge in [0, 0.05) is 0 Å². The topological polar surface area (TPSA) is 113 Å². The predicted octanol–water partition coefficient (Wildman–Crippen LogP) is 0.914. The van der Waals surface area contributed by atoms with Gasteiger partial charge >= 0.3 is 0 Å². The Bertz CT molecular complexity index is 670. The lowest BCUT2D eigenvalue weighted by Crippen LogP contribution is -2.27. The molecule has 8 nitrogen and oxygen atoms in total. The van der Waals surface area contributed by atoms with Gasteiger partial charge in [-0.15, -0.1) is 0 Å². The maximum atomic E-state index is 12.0. The zero-order chi connectivity index (χ0) is 14.8. The number of carbonyl (C=O) groups is 1. The molecule has 1 aromatic carbocycles. The zero-order valence-corrected chi connectivity index (χ0v) is 11.3. The van der Waals surface area contributed by atoms with E-state index in [1.807, 2.05) is 25.1 Å². The van der Waals surface area contributed by atoms with Crippen molar-refractivity contribution in [3.8, 4) is 11.5 Å². The zero-order valence-electron chi connectivity index (χ0n) is 11.3. The first-order valence-corrected chi connectivity index (χ1v) is 6.43. The number of nitrogen functional groups attached to an aromatic ring is 1. The van der Waals surface area contributed by atoms with Gasteiger partial charge in [0.1, 0.15) is 13.2 Å². The number of nitrogens with zero attached hydrogens (tertiary/aromatic N) is 2. The van der Waals surface area contributed by atoms with Crippen molar-refractivity contribution >= 4 is 11.7 Å². The molecule has 21 heavy (non-hydrogen) atoms. The largest absolute Gasteiger partial charge is 0.486 e. The predicted molar refractivity (Wildman–Crippen MR) is 72.0 cm³/mol. The van der Waals surface area contributed by atoms with E-state index in [2.05, 4.69) is 20.3 Å². The van der Waals surface area contributed by atoms with Crippen molar-refractivity contribution in [2.75, 3.05) is 18.9 Å².